The molecule has 1 spiro atoms. The summed E-state index contributed by atoms with van der Waals surface area (Å²) in [5.74, 6) is 0.293. The van der Waals surface area contributed by atoms with Gasteiger partial charge in [0.2, 0.25) is 0 Å². The summed E-state index contributed by atoms with van der Waals surface area (Å²) in [6, 6.07) is 0. The molecule has 6 heteroatoms. The molecular weight excluding hydrogens is 368 g/mol. The van der Waals surface area contributed by atoms with E-state index in [-0.39, 0.29) is 29.5 Å². The highest BCUT2D eigenvalue weighted by Gasteiger charge is 2.68. The second kappa shape index (κ2) is 8.05. The number of piperazine rings is 1. The zero-order chi connectivity index (χ0) is 20.6. The first-order valence-corrected chi connectivity index (χ1v) is 11.1. The van der Waals surface area contributed by atoms with Gasteiger partial charge >= 0.3 is 6.09 Å². The summed E-state index contributed by atoms with van der Waals surface area (Å²) in [6.45, 7) is 15.2. The molecule has 4 rings (SSSR count). The molecule has 6 nitrogen and oxygen atoms in total. The third-order valence-electron chi connectivity index (χ3n) is 7.23. The largest absolute Gasteiger partial charge is 0.446 e. The van der Waals surface area contributed by atoms with Crippen molar-refractivity contribution in [2.24, 2.45) is 5.92 Å². The summed E-state index contributed by atoms with van der Waals surface area (Å²) in [5, 5.41) is 0. The van der Waals surface area contributed by atoms with Gasteiger partial charge in [0.1, 0.15) is 6.10 Å². The number of hydrogen-bond acceptors (Lipinski definition) is 5. The molecule has 0 aromatic heterocycles. The summed E-state index contributed by atoms with van der Waals surface area (Å²) < 4.78 is 18.1. The van der Waals surface area contributed by atoms with E-state index in [0.717, 1.165) is 65.0 Å². The number of epoxide rings is 2. The molecule has 3 saturated heterocycles. The van der Waals surface area contributed by atoms with E-state index in [4.69, 9.17) is 14.2 Å². The summed E-state index contributed by atoms with van der Waals surface area (Å²) in [4.78, 5) is 16.9. The minimum absolute atomic E-state index is 0.0429. The number of rotatable bonds is 6. The van der Waals surface area contributed by atoms with Crippen molar-refractivity contribution >= 4 is 6.09 Å². The fourth-order valence-corrected chi connectivity index (χ4v) is 5.19. The highest BCUT2D eigenvalue weighted by Crippen LogP contribution is 2.59. The Morgan fingerprint density at radius 1 is 1.28 bits per heavy atom. The van der Waals surface area contributed by atoms with Gasteiger partial charge < -0.3 is 19.1 Å². The van der Waals surface area contributed by atoms with Crippen LogP contribution < -0.4 is 0 Å². The van der Waals surface area contributed by atoms with Crippen molar-refractivity contribution in [1.82, 2.24) is 9.80 Å². The molecule has 0 radical (unpaired) electrons. The fourth-order valence-electron chi connectivity index (χ4n) is 5.19. The monoisotopic (exact) mass is 404 g/mol. The Labute approximate surface area is 174 Å². The van der Waals surface area contributed by atoms with E-state index >= 15 is 0 Å². The standard InChI is InChI=1S/C23H36N2O4/c1-5-10-24-11-13-25(14-12-24)21(26)28-18-8-9-23(16-27-23)19(15-18)22(4)20(29-22)7-6-17(2)3/h5-6,18-20H,1,7-16H2,2-4H3/t18-,19-,20-,22-,23+/m1/s1. The van der Waals surface area contributed by atoms with Gasteiger partial charge in [0.25, 0.3) is 0 Å². The fraction of sp³-hybridized carbons (Fsp3) is 0.783. The number of ether oxygens (including phenoxy) is 3. The van der Waals surface area contributed by atoms with Gasteiger partial charge in [-0.1, -0.05) is 17.7 Å². The molecule has 0 aromatic carbocycles. The van der Waals surface area contributed by atoms with Crippen LogP contribution in [0.5, 0.6) is 0 Å². The van der Waals surface area contributed by atoms with Crippen LogP contribution in [-0.4, -0.2) is 78.6 Å². The number of nitrogens with zero attached hydrogens (tertiary/aromatic N) is 2. The van der Waals surface area contributed by atoms with Crippen LogP contribution in [0.4, 0.5) is 4.79 Å². The van der Waals surface area contributed by atoms with Crippen molar-refractivity contribution in [2.45, 2.75) is 69.9 Å². The van der Waals surface area contributed by atoms with Crippen molar-refractivity contribution < 1.29 is 19.0 Å². The second-order valence-electron chi connectivity index (χ2n) is 9.57. The van der Waals surface area contributed by atoms with Crippen LogP contribution in [0, 0.1) is 5.92 Å². The molecule has 4 fully saturated rings. The van der Waals surface area contributed by atoms with Crippen molar-refractivity contribution in [3.8, 4) is 0 Å². The molecular formula is C23H36N2O4. The maximum atomic E-state index is 12.7. The Bertz CT molecular complexity index is 662. The predicted molar refractivity (Wildman–Crippen MR) is 112 cm³/mol. The molecule has 3 heterocycles. The second-order valence-corrected chi connectivity index (χ2v) is 9.57. The molecule has 0 N–H and O–H groups in total. The molecule has 5 atom stereocenters. The first-order valence-electron chi connectivity index (χ1n) is 11.1. The molecule has 3 aliphatic heterocycles. The first kappa shape index (κ1) is 20.9. The van der Waals surface area contributed by atoms with E-state index in [1.165, 1.54) is 5.57 Å². The average molecular weight is 405 g/mol. The van der Waals surface area contributed by atoms with Crippen molar-refractivity contribution in [1.29, 1.82) is 0 Å². The van der Waals surface area contributed by atoms with Crippen LogP contribution in [0.15, 0.2) is 24.3 Å². The summed E-state index contributed by atoms with van der Waals surface area (Å²) >= 11 is 0. The van der Waals surface area contributed by atoms with Crippen LogP contribution in [0.1, 0.15) is 46.5 Å². The van der Waals surface area contributed by atoms with Gasteiger partial charge in [0.15, 0.2) is 0 Å². The molecule has 162 valence electrons. The Kier molecular flexibility index (Phi) is 5.79. The topological polar surface area (TPSA) is 57.8 Å². The molecule has 1 saturated carbocycles. The zero-order valence-electron chi connectivity index (χ0n) is 18.2. The molecule has 0 bridgehead atoms. The van der Waals surface area contributed by atoms with Gasteiger partial charge in [0, 0.05) is 38.6 Å². The summed E-state index contributed by atoms with van der Waals surface area (Å²) in [5.41, 5.74) is 1.11. The van der Waals surface area contributed by atoms with Gasteiger partial charge in [-0.2, -0.15) is 0 Å². The average Bonchev–Trinajstić information content (AvgIpc) is 3.60. The SMILES string of the molecule is C=CCN1CCN(C(=O)O[C@@H]2CC[C@]3(CO3)[C@@H]([C@@]3(C)O[C@@H]3CC=C(C)C)C2)CC1. The third kappa shape index (κ3) is 4.39. The minimum Gasteiger partial charge on any atom is -0.446 e. The lowest BCUT2D eigenvalue weighted by Crippen LogP contribution is -2.50. The molecule has 0 aromatic rings. The maximum Gasteiger partial charge on any atom is 0.410 e. The number of carbonyl (C=O) groups is 1. The van der Waals surface area contributed by atoms with E-state index in [1.54, 1.807) is 0 Å². The molecule has 1 aliphatic carbocycles. The van der Waals surface area contributed by atoms with Crippen molar-refractivity contribution in [2.75, 3.05) is 39.3 Å². The van der Waals surface area contributed by atoms with E-state index < -0.39 is 0 Å². The highest BCUT2D eigenvalue weighted by molar-refractivity contribution is 5.68. The lowest BCUT2D eigenvalue weighted by molar-refractivity contribution is -0.0134. The number of hydrogen-bond donors (Lipinski definition) is 0. The summed E-state index contributed by atoms with van der Waals surface area (Å²) in [6.07, 6.45) is 7.83. The van der Waals surface area contributed by atoms with Gasteiger partial charge in [0.05, 0.1) is 23.9 Å². The number of carbonyl (C=O) groups excluding carboxylic acids is 1. The highest BCUT2D eigenvalue weighted by atomic mass is 16.6. The van der Waals surface area contributed by atoms with Gasteiger partial charge in [-0.25, -0.2) is 4.79 Å². The first-order chi connectivity index (χ1) is 13.9. The van der Waals surface area contributed by atoms with E-state index in [9.17, 15) is 4.79 Å². The van der Waals surface area contributed by atoms with Crippen molar-refractivity contribution in [3.05, 3.63) is 24.3 Å². The molecule has 4 aliphatic rings. The zero-order valence-corrected chi connectivity index (χ0v) is 18.2. The molecule has 1 amide bonds. The Morgan fingerprint density at radius 2 is 2.00 bits per heavy atom. The van der Waals surface area contributed by atoms with Gasteiger partial charge in [-0.05, 0) is 46.5 Å². The third-order valence-corrected chi connectivity index (χ3v) is 7.23. The normalized spacial score (nSPS) is 39.1. The smallest absolute Gasteiger partial charge is 0.410 e. The lowest BCUT2D eigenvalue weighted by atomic mass is 9.70. The van der Waals surface area contributed by atoms with Crippen molar-refractivity contribution in [3.63, 3.8) is 0 Å². The van der Waals surface area contributed by atoms with E-state index in [0.29, 0.717) is 5.92 Å². The van der Waals surface area contributed by atoms with Crippen LogP contribution in [-0.2, 0) is 14.2 Å². The minimum atomic E-state index is -0.164. The molecule has 29 heavy (non-hydrogen) atoms. The van der Waals surface area contributed by atoms with Gasteiger partial charge in [-0.3, -0.25) is 4.90 Å². The van der Waals surface area contributed by atoms with Crippen LogP contribution in [0.25, 0.3) is 0 Å². The van der Waals surface area contributed by atoms with E-state index in [2.05, 4.69) is 38.3 Å². The summed E-state index contributed by atoms with van der Waals surface area (Å²) in [7, 11) is 0. The van der Waals surface area contributed by atoms with Gasteiger partial charge in [-0.15, -0.1) is 6.58 Å². The van der Waals surface area contributed by atoms with E-state index in [1.807, 2.05) is 11.0 Å². The predicted octanol–water partition coefficient (Wildman–Crippen LogP) is 3.38. The lowest BCUT2D eigenvalue weighted by Gasteiger charge is -2.38. The van der Waals surface area contributed by atoms with Crippen LogP contribution >= 0.6 is 0 Å². The Hall–Kier alpha value is -1.37. The Morgan fingerprint density at radius 3 is 2.62 bits per heavy atom. The number of allylic oxidation sites excluding steroid dienone is 1. The maximum absolute atomic E-state index is 12.7. The number of amides is 1. The Balaban J connectivity index is 1.32. The van der Waals surface area contributed by atoms with Crippen LogP contribution in [0.3, 0.4) is 0 Å². The van der Waals surface area contributed by atoms with Crippen LogP contribution in [0.2, 0.25) is 0 Å². The quantitative estimate of drug-likeness (QED) is 0.502. The molecule has 0 unspecified atom stereocenters.